The highest BCUT2D eigenvalue weighted by Gasteiger charge is 2.39. The van der Waals surface area contributed by atoms with Crippen molar-refractivity contribution in [2.45, 2.75) is 102 Å². The van der Waals surface area contributed by atoms with Gasteiger partial charge in [0.25, 0.3) is 23.3 Å². The molecule has 19 heteroatoms. The molecule has 1 unspecified atom stereocenters. The first kappa shape index (κ1) is 48.4. The van der Waals surface area contributed by atoms with E-state index in [1.54, 1.807) is 63.2 Å². The largest absolute Gasteiger partial charge is 0.444 e. The number of carbonyl (C=O) groups is 6. The Bertz CT molecular complexity index is 2790. The second kappa shape index (κ2) is 20.2. The third kappa shape index (κ3) is 12.1. The summed E-state index contributed by atoms with van der Waals surface area (Å²) in [6.07, 6.45) is 8.62. The number of nitrogens with one attached hydrogen (secondary N) is 6. The topological polar surface area (TPSA) is 247 Å². The van der Waals surface area contributed by atoms with Crippen LogP contribution >= 0.6 is 0 Å². The number of sulfone groups is 1. The smallest absolute Gasteiger partial charge is 0.407 e. The Hall–Kier alpha value is -6.50. The van der Waals surface area contributed by atoms with Crippen molar-refractivity contribution in [3.63, 3.8) is 0 Å². The molecule has 1 saturated heterocycles. The molecule has 4 aromatic rings. The van der Waals surface area contributed by atoms with Gasteiger partial charge in [0.1, 0.15) is 22.9 Å². The summed E-state index contributed by atoms with van der Waals surface area (Å²) in [6.45, 7) is 6.71. The normalized spacial score (nSPS) is 16.2. The maximum Gasteiger partial charge on any atom is 0.407 e. The number of piperidine rings is 1. The molecule has 2 aromatic heterocycles. The third-order valence-electron chi connectivity index (χ3n) is 12.1. The average Bonchev–Trinajstić information content (AvgIpc) is 3.88. The molecule has 0 bridgehead atoms. The number of imide groups is 1. The summed E-state index contributed by atoms with van der Waals surface area (Å²) in [5, 5.41) is 14.6. The maximum absolute atomic E-state index is 14.0. The van der Waals surface area contributed by atoms with Crippen LogP contribution in [-0.2, 0) is 49.9 Å². The van der Waals surface area contributed by atoms with E-state index in [9.17, 15) is 42.0 Å². The summed E-state index contributed by atoms with van der Waals surface area (Å²) in [7, 11) is -2.05. The molecular weight excluding hydrogens is 881 g/mol. The molecule has 358 valence electrons. The van der Waals surface area contributed by atoms with Gasteiger partial charge in [-0.3, -0.25) is 34.1 Å². The van der Waals surface area contributed by atoms with Crippen LogP contribution in [0.4, 0.5) is 10.5 Å². The first-order valence-corrected chi connectivity index (χ1v) is 24.9. The highest BCUT2D eigenvalue weighted by atomic mass is 32.2. The minimum Gasteiger partial charge on any atom is -0.444 e. The number of unbranched alkanes of at least 4 members (excludes halogenated alkanes) is 3. The molecule has 2 aromatic carbocycles. The van der Waals surface area contributed by atoms with Crippen molar-refractivity contribution in [3.8, 4) is 11.1 Å². The molecule has 2 fully saturated rings. The molecule has 6 N–H and O–H groups in total. The fourth-order valence-corrected chi connectivity index (χ4v) is 9.40. The number of benzene rings is 2. The van der Waals surface area contributed by atoms with Gasteiger partial charge < -0.3 is 40.5 Å². The molecule has 6 amide bonds. The second-order valence-electron chi connectivity index (χ2n) is 18.8. The number of nitrogens with zero attached hydrogens (tertiary/aromatic N) is 2. The first-order valence-electron chi connectivity index (χ1n) is 22.9. The van der Waals surface area contributed by atoms with Crippen molar-refractivity contribution < 1.29 is 41.9 Å². The Labute approximate surface area is 389 Å². The van der Waals surface area contributed by atoms with Crippen LogP contribution in [0.15, 0.2) is 47.4 Å². The van der Waals surface area contributed by atoms with Crippen LogP contribution in [0.25, 0.3) is 22.0 Å². The number of ether oxygens (including phenoxy) is 1. The van der Waals surface area contributed by atoms with Crippen LogP contribution in [0.2, 0.25) is 0 Å². The van der Waals surface area contributed by atoms with Crippen LogP contribution in [0.5, 0.6) is 0 Å². The SMILES string of the molecule is Cn1cc(-c2cc(CS(C)(=O)=O)c(C(=O)NCCCCCCc3cccc4c3CN(C3CCC(=O)NC3=O)C4=O)cc2NCC2CC2)c2cc(C(=O)NCCNC(=O)OC(C)(C)C)[nH]c2c1=O. The minimum atomic E-state index is -3.63. The molecule has 4 heterocycles. The van der Waals surface area contributed by atoms with E-state index in [0.29, 0.717) is 66.2 Å². The number of alkyl carbamates (subject to hydrolysis) is 1. The number of hydrogen-bond donors (Lipinski definition) is 6. The molecule has 18 nitrogen and oxygen atoms in total. The Morgan fingerprint density at radius 1 is 0.851 bits per heavy atom. The number of anilines is 1. The van der Waals surface area contributed by atoms with Gasteiger partial charge in [-0.2, -0.15) is 0 Å². The van der Waals surface area contributed by atoms with Crippen molar-refractivity contribution in [2.75, 3.05) is 37.8 Å². The van der Waals surface area contributed by atoms with E-state index in [1.807, 2.05) is 12.1 Å². The van der Waals surface area contributed by atoms with Gasteiger partial charge in [-0.05, 0) is 106 Å². The molecule has 2 aliphatic heterocycles. The fraction of sp³-hybridized carbons (Fsp3) is 0.479. The Morgan fingerprint density at radius 2 is 1.58 bits per heavy atom. The van der Waals surface area contributed by atoms with Gasteiger partial charge in [0.15, 0.2) is 9.84 Å². The molecule has 1 saturated carbocycles. The molecule has 1 atom stereocenters. The third-order valence-corrected chi connectivity index (χ3v) is 12.9. The van der Waals surface area contributed by atoms with Crippen molar-refractivity contribution in [1.29, 1.82) is 0 Å². The number of H-pyrrole nitrogens is 1. The molecule has 67 heavy (non-hydrogen) atoms. The first-order chi connectivity index (χ1) is 31.8. The van der Waals surface area contributed by atoms with Crippen molar-refractivity contribution >= 4 is 62.1 Å². The van der Waals surface area contributed by atoms with E-state index in [2.05, 4.69) is 31.6 Å². The Balaban J connectivity index is 1.02. The molecule has 0 spiro atoms. The number of pyridine rings is 1. The van der Waals surface area contributed by atoms with Crippen LogP contribution in [0, 0.1) is 5.92 Å². The summed E-state index contributed by atoms with van der Waals surface area (Å²) in [6, 6.07) is 9.88. The zero-order valence-electron chi connectivity index (χ0n) is 38.7. The fourth-order valence-electron chi connectivity index (χ4n) is 8.60. The zero-order valence-corrected chi connectivity index (χ0v) is 39.5. The summed E-state index contributed by atoms with van der Waals surface area (Å²) >= 11 is 0. The maximum atomic E-state index is 14.0. The Kier molecular flexibility index (Phi) is 14.6. The molecular formula is C48H60N8O10S. The summed E-state index contributed by atoms with van der Waals surface area (Å²) in [5.41, 5.74) is 3.91. The number of aryl methyl sites for hydroxylation is 2. The van der Waals surface area contributed by atoms with Gasteiger partial charge >= 0.3 is 6.09 Å². The lowest BCUT2D eigenvalue weighted by Crippen LogP contribution is -2.52. The van der Waals surface area contributed by atoms with Crippen LogP contribution in [0.3, 0.4) is 0 Å². The van der Waals surface area contributed by atoms with Gasteiger partial charge in [-0.1, -0.05) is 25.0 Å². The molecule has 0 radical (unpaired) electrons. The lowest BCUT2D eigenvalue weighted by Gasteiger charge is -2.29. The highest BCUT2D eigenvalue weighted by molar-refractivity contribution is 7.89. The minimum absolute atomic E-state index is 0.0851. The highest BCUT2D eigenvalue weighted by Crippen LogP contribution is 2.38. The van der Waals surface area contributed by atoms with E-state index in [1.165, 1.54) is 4.57 Å². The average molecular weight is 941 g/mol. The summed E-state index contributed by atoms with van der Waals surface area (Å²) in [5.74, 6) is -1.88. The van der Waals surface area contributed by atoms with E-state index < -0.39 is 51.0 Å². The number of carbonyl (C=O) groups excluding carboxylic acids is 6. The van der Waals surface area contributed by atoms with Gasteiger partial charge in [0.2, 0.25) is 11.8 Å². The summed E-state index contributed by atoms with van der Waals surface area (Å²) < 4.78 is 32.3. The van der Waals surface area contributed by atoms with Crippen LogP contribution < -0.4 is 32.1 Å². The monoisotopic (exact) mass is 940 g/mol. The van der Waals surface area contributed by atoms with E-state index in [4.69, 9.17) is 4.74 Å². The van der Waals surface area contributed by atoms with E-state index >= 15 is 0 Å². The van der Waals surface area contributed by atoms with Crippen LogP contribution in [0.1, 0.15) is 120 Å². The lowest BCUT2D eigenvalue weighted by molar-refractivity contribution is -0.136. The second-order valence-corrected chi connectivity index (χ2v) is 21.0. The molecule has 3 aliphatic rings. The number of amides is 6. The number of rotatable bonds is 19. The van der Waals surface area contributed by atoms with Gasteiger partial charge in [-0.15, -0.1) is 0 Å². The molecule has 7 rings (SSSR count). The molecule has 1 aliphatic carbocycles. The standard InChI is InChI=1S/C48H60N8O10S/c1-48(2,3)66-47(63)51-20-19-50-43(59)38-23-34-36(25-55(4)46(62)41(34)53-38)33-21-30(27-67(5,64)65)32(22-37(33)52-24-28-14-15-28)42(58)49-18-9-7-6-8-11-29-12-10-13-31-35(29)26-56(45(31)61)39-16-17-40(57)54-44(39)60/h10,12-13,21-23,25,28,39,52-53H,6-9,11,14-20,24,26-27H2,1-5H3,(H,49,58)(H,50,59)(H,51,63)(H,54,57,60). The number of aromatic amines is 1. The summed E-state index contributed by atoms with van der Waals surface area (Å²) in [4.78, 5) is 94.7. The number of fused-ring (bicyclic) bond motifs is 2. The zero-order chi connectivity index (χ0) is 48.2. The Morgan fingerprint density at radius 3 is 2.30 bits per heavy atom. The lowest BCUT2D eigenvalue weighted by atomic mass is 9.95. The van der Waals surface area contributed by atoms with Gasteiger partial charge in [-0.25, -0.2) is 13.2 Å². The number of aromatic nitrogens is 2. The van der Waals surface area contributed by atoms with Gasteiger partial charge in [0.05, 0.1) is 5.75 Å². The predicted molar refractivity (Wildman–Crippen MR) is 252 cm³/mol. The quantitative estimate of drug-likeness (QED) is 0.0567. The van der Waals surface area contributed by atoms with Gasteiger partial charge in [0, 0.05) is 92.0 Å². The van der Waals surface area contributed by atoms with E-state index in [-0.39, 0.29) is 59.2 Å². The predicted octanol–water partition coefficient (Wildman–Crippen LogP) is 4.45. The van der Waals surface area contributed by atoms with Crippen molar-refractivity contribution in [3.05, 3.63) is 86.5 Å². The van der Waals surface area contributed by atoms with Crippen molar-refractivity contribution in [1.82, 2.24) is 35.7 Å². The van der Waals surface area contributed by atoms with Crippen LogP contribution in [-0.4, -0.2) is 103 Å². The van der Waals surface area contributed by atoms with Crippen molar-refractivity contribution in [2.24, 2.45) is 13.0 Å². The van der Waals surface area contributed by atoms with E-state index in [0.717, 1.165) is 55.9 Å². The number of hydrogen-bond acceptors (Lipinski definition) is 11.